The number of carbonyl (C=O) groups excluding carboxylic acids is 1. The quantitative estimate of drug-likeness (QED) is 0.695. The van der Waals surface area contributed by atoms with Gasteiger partial charge in [-0.3, -0.25) is 4.79 Å². The van der Waals surface area contributed by atoms with Gasteiger partial charge in [0.15, 0.2) is 0 Å². The summed E-state index contributed by atoms with van der Waals surface area (Å²) < 4.78 is 0. The Labute approximate surface area is 71.8 Å². The Balaban J connectivity index is 2.99. The maximum atomic E-state index is 10.4. The topological polar surface area (TPSA) is 37.3 Å². The van der Waals surface area contributed by atoms with Gasteiger partial charge >= 0.3 is 0 Å². The summed E-state index contributed by atoms with van der Waals surface area (Å²) in [5.74, 6) is 0.280. The van der Waals surface area contributed by atoms with E-state index in [1.807, 2.05) is 6.92 Å². The third-order valence-electron chi connectivity index (χ3n) is 1.76. The summed E-state index contributed by atoms with van der Waals surface area (Å²) in [6.45, 7) is 2.03. The van der Waals surface area contributed by atoms with Crippen LogP contribution in [0.3, 0.4) is 0 Å². The van der Waals surface area contributed by atoms with Gasteiger partial charge in [0.05, 0.1) is 0 Å². The van der Waals surface area contributed by atoms with Crippen LogP contribution in [0.5, 0.6) is 5.75 Å². The number of aldehydes is 1. The highest BCUT2D eigenvalue weighted by molar-refractivity contribution is 5.75. The molecule has 0 unspecified atom stereocenters. The van der Waals surface area contributed by atoms with Crippen LogP contribution in [0.1, 0.15) is 29.3 Å². The second-order valence-electron chi connectivity index (χ2n) is 2.76. The summed E-state index contributed by atoms with van der Waals surface area (Å²) in [6, 6.07) is 4.90. The molecule has 0 aromatic heterocycles. The van der Waals surface area contributed by atoms with Crippen molar-refractivity contribution in [2.24, 2.45) is 0 Å². The first kappa shape index (κ1) is 8.78. The number of benzene rings is 1. The Hall–Kier alpha value is -1.31. The molecule has 0 amide bonds. The lowest BCUT2D eigenvalue weighted by molar-refractivity contribution is 0.112. The largest absolute Gasteiger partial charge is 0.508 e. The van der Waals surface area contributed by atoms with Gasteiger partial charge in [-0.1, -0.05) is 13.3 Å². The molecule has 0 aliphatic heterocycles. The molecular weight excluding hydrogens is 152 g/mol. The number of hydrogen-bond acceptors (Lipinski definition) is 2. The van der Waals surface area contributed by atoms with Crippen molar-refractivity contribution in [2.75, 3.05) is 0 Å². The fourth-order valence-electron chi connectivity index (χ4n) is 1.15. The fourth-order valence-corrected chi connectivity index (χ4v) is 1.15. The van der Waals surface area contributed by atoms with E-state index in [-0.39, 0.29) is 5.75 Å². The Bertz CT molecular complexity index is 279. The van der Waals surface area contributed by atoms with Crippen LogP contribution in [0, 0.1) is 0 Å². The Morgan fingerprint density at radius 2 is 2.25 bits per heavy atom. The van der Waals surface area contributed by atoms with Crippen LogP contribution in [0.4, 0.5) is 0 Å². The average Bonchev–Trinajstić information content (AvgIpc) is 2.09. The predicted molar refractivity (Wildman–Crippen MR) is 47.5 cm³/mol. The minimum absolute atomic E-state index is 0.280. The lowest BCUT2D eigenvalue weighted by atomic mass is 10.1. The fraction of sp³-hybridized carbons (Fsp3) is 0.300. The van der Waals surface area contributed by atoms with Gasteiger partial charge in [-0.2, -0.15) is 0 Å². The SMILES string of the molecule is CCCc1cc(C=O)ccc1O. The maximum absolute atomic E-state index is 10.4. The Kier molecular flexibility index (Phi) is 2.86. The van der Waals surface area contributed by atoms with E-state index in [4.69, 9.17) is 0 Å². The van der Waals surface area contributed by atoms with Crippen molar-refractivity contribution < 1.29 is 9.90 Å². The van der Waals surface area contributed by atoms with Gasteiger partial charge < -0.3 is 5.11 Å². The number of aryl methyl sites for hydroxylation is 1. The normalized spacial score (nSPS) is 9.75. The highest BCUT2D eigenvalue weighted by atomic mass is 16.3. The maximum Gasteiger partial charge on any atom is 0.150 e. The van der Waals surface area contributed by atoms with Crippen LogP contribution < -0.4 is 0 Å². The van der Waals surface area contributed by atoms with Gasteiger partial charge in [-0.15, -0.1) is 0 Å². The van der Waals surface area contributed by atoms with Crippen molar-refractivity contribution in [3.63, 3.8) is 0 Å². The first-order chi connectivity index (χ1) is 5.77. The molecule has 0 heterocycles. The second kappa shape index (κ2) is 3.90. The van der Waals surface area contributed by atoms with Crippen molar-refractivity contribution in [3.05, 3.63) is 29.3 Å². The number of aromatic hydroxyl groups is 1. The summed E-state index contributed by atoms with van der Waals surface area (Å²) in [5, 5.41) is 9.35. The number of hydrogen-bond donors (Lipinski definition) is 1. The van der Waals surface area contributed by atoms with Crippen molar-refractivity contribution in [1.82, 2.24) is 0 Å². The van der Waals surface area contributed by atoms with Crippen LogP contribution in [0.15, 0.2) is 18.2 Å². The second-order valence-corrected chi connectivity index (χ2v) is 2.76. The van der Waals surface area contributed by atoms with Gasteiger partial charge in [0, 0.05) is 5.56 Å². The molecule has 1 N–H and O–H groups in total. The lowest BCUT2D eigenvalue weighted by Gasteiger charge is -2.02. The molecule has 1 rings (SSSR count). The third kappa shape index (κ3) is 1.84. The Morgan fingerprint density at radius 3 is 2.83 bits per heavy atom. The summed E-state index contributed by atoms with van der Waals surface area (Å²) in [6.07, 6.45) is 2.57. The van der Waals surface area contributed by atoms with Crippen molar-refractivity contribution >= 4 is 6.29 Å². The number of phenols is 1. The molecule has 12 heavy (non-hydrogen) atoms. The highest BCUT2D eigenvalue weighted by Crippen LogP contribution is 2.18. The monoisotopic (exact) mass is 164 g/mol. The van der Waals surface area contributed by atoms with Crippen molar-refractivity contribution in [3.8, 4) is 5.75 Å². The minimum atomic E-state index is 0.280. The van der Waals surface area contributed by atoms with Gasteiger partial charge in [0.25, 0.3) is 0 Å². The molecule has 0 saturated carbocycles. The molecule has 0 aliphatic carbocycles. The number of carbonyl (C=O) groups is 1. The molecule has 0 spiro atoms. The van der Waals surface area contributed by atoms with Crippen LogP contribution in [0.2, 0.25) is 0 Å². The van der Waals surface area contributed by atoms with Gasteiger partial charge in [0.2, 0.25) is 0 Å². The molecular formula is C10H12O2. The Morgan fingerprint density at radius 1 is 1.50 bits per heavy atom. The van der Waals surface area contributed by atoms with E-state index in [2.05, 4.69) is 0 Å². The number of rotatable bonds is 3. The van der Waals surface area contributed by atoms with Crippen molar-refractivity contribution in [2.45, 2.75) is 19.8 Å². The van der Waals surface area contributed by atoms with Crippen molar-refractivity contribution in [1.29, 1.82) is 0 Å². The summed E-state index contributed by atoms with van der Waals surface area (Å²) >= 11 is 0. The smallest absolute Gasteiger partial charge is 0.150 e. The van der Waals surface area contributed by atoms with E-state index in [1.54, 1.807) is 18.2 Å². The van der Waals surface area contributed by atoms with E-state index in [1.165, 1.54) is 0 Å². The molecule has 1 aromatic carbocycles. The summed E-state index contributed by atoms with van der Waals surface area (Å²) in [7, 11) is 0. The summed E-state index contributed by atoms with van der Waals surface area (Å²) in [4.78, 5) is 10.4. The van der Waals surface area contributed by atoms with E-state index in [0.717, 1.165) is 24.7 Å². The molecule has 0 saturated heterocycles. The van der Waals surface area contributed by atoms with E-state index >= 15 is 0 Å². The molecule has 2 heteroatoms. The van der Waals surface area contributed by atoms with Gasteiger partial charge in [0.1, 0.15) is 12.0 Å². The first-order valence-corrected chi connectivity index (χ1v) is 4.05. The zero-order valence-electron chi connectivity index (χ0n) is 7.08. The molecule has 0 bridgehead atoms. The number of phenolic OH excluding ortho intramolecular Hbond substituents is 1. The minimum Gasteiger partial charge on any atom is -0.508 e. The molecule has 2 nitrogen and oxygen atoms in total. The van der Waals surface area contributed by atoms with Crippen LogP contribution in [-0.4, -0.2) is 11.4 Å². The zero-order chi connectivity index (χ0) is 8.97. The summed E-state index contributed by atoms with van der Waals surface area (Å²) in [5.41, 5.74) is 1.47. The molecule has 0 fully saturated rings. The molecule has 0 radical (unpaired) electrons. The first-order valence-electron chi connectivity index (χ1n) is 4.05. The average molecular weight is 164 g/mol. The predicted octanol–water partition coefficient (Wildman–Crippen LogP) is 2.16. The van der Waals surface area contributed by atoms with Gasteiger partial charge in [-0.05, 0) is 30.2 Å². The molecule has 64 valence electrons. The van der Waals surface area contributed by atoms with Crippen LogP contribution >= 0.6 is 0 Å². The van der Waals surface area contributed by atoms with Crippen LogP contribution in [0.25, 0.3) is 0 Å². The molecule has 1 aromatic rings. The highest BCUT2D eigenvalue weighted by Gasteiger charge is 2.00. The van der Waals surface area contributed by atoms with Crippen LogP contribution in [-0.2, 0) is 6.42 Å². The third-order valence-corrected chi connectivity index (χ3v) is 1.76. The standard InChI is InChI=1S/C10H12O2/c1-2-3-9-6-8(7-11)4-5-10(9)12/h4-7,12H,2-3H2,1H3. The zero-order valence-corrected chi connectivity index (χ0v) is 7.08. The lowest BCUT2D eigenvalue weighted by Crippen LogP contribution is -1.87. The molecule has 0 aliphatic rings. The van der Waals surface area contributed by atoms with E-state index < -0.39 is 0 Å². The van der Waals surface area contributed by atoms with E-state index in [0.29, 0.717) is 5.56 Å². The molecule has 0 atom stereocenters. The van der Waals surface area contributed by atoms with Gasteiger partial charge in [-0.25, -0.2) is 0 Å². The van der Waals surface area contributed by atoms with E-state index in [9.17, 15) is 9.90 Å².